The van der Waals surface area contributed by atoms with Crippen LogP contribution >= 0.6 is 11.6 Å². The van der Waals surface area contributed by atoms with E-state index < -0.39 is 0 Å². The zero-order valence-corrected chi connectivity index (χ0v) is 7.93. The maximum Gasteiger partial charge on any atom is 0.0642 e. The molecule has 0 bridgehead atoms. The van der Waals surface area contributed by atoms with Crippen LogP contribution in [0.4, 0.5) is 5.69 Å². The molecule has 0 aromatic heterocycles. The second-order valence-electron chi connectivity index (χ2n) is 3.25. The smallest absolute Gasteiger partial charge is 0.0642 e. The van der Waals surface area contributed by atoms with Crippen LogP contribution in [0.1, 0.15) is 12.0 Å². The largest absolute Gasteiger partial charge is 0.370 e. The third-order valence-electron chi connectivity index (χ3n) is 2.36. The van der Waals surface area contributed by atoms with E-state index in [-0.39, 0.29) is 0 Å². The first-order valence-corrected chi connectivity index (χ1v) is 4.67. The van der Waals surface area contributed by atoms with Gasteiger partial charge in [0.05, 0.1) is 10.7 Å². The Labute approximate surface area is 77.9 Å². The molecule has 64 valence electrons. The van der Waals surface area contributed by atoms with Crippen LogP contribution in [0, 0.1) is 6.92 Å². The first kappa shape index (κ1) is 7.93. The van der Waals surface area contributed by atoms with E-state index in [0.29, 0.717) is 0 Å². The Morgan fingerprint density at radius 1 is 1.33 bits per heavy atom. The number of anilines is 1. The molecule has 1 aliphatic heterocycles. The molecule has 12 heavy (non-hydrogen) atoms. The van der Waals surface area contributed by atoms with Crippen molar-refractivity contribution in [2.45, 2.75) is 13.3 Å². The Morgan fingerprint density at radius 2 is 2.08 bits per heavy atom. The lowest BCUT2D eigenvalue weighted by Crippen LogP contribution is -2.37. The van der Waals surface area contributed by atoms with Crippen LogP contribution < -0.4 is 4.90 Å². The predicted octanol–water partition coefficient (Wildman–Crippen LogP) is 2.86. The van der Waals surface area contributed by atoms with Gasteiger partial charge in [-0.25, -0.2) is 0 Å². The summed E-state index contributed by atoms with van der Waals surface area (Å²) >= 11 is 6.10. The number of nitrogens with zero attached hydrogens (tertiary/aromatic N) is 1. The Hall–Kier alpha value is -0.690. The Morgan fingerprint density at radius 3 is 2.58 bits per heavy atom. The summed E-state index contributed by atoms with van der Waals surface area (Å²) in [5, 5.41) is 0.884. The summed E-state index contributed by atoms with van der Waals surface area (Å²) in [6.07, 6.45) is 1.30. The predicted molar refractivity (Wildman–Crippen MR) is 53.0 cm³/mol. The molecule has 0 saturated carbocycles. The van der Waals surface area contributed by atoms with E-state index in [1.54, 1.807) is 0 Å². The van der Waals surface area contributed by atoms with Gasteiger partial charge in [-0.3, -0.25) is 0 Å². The fourth-order valence-corrected chi connectivity index (χ4v) is 1.90. The molecule has 1 nitrogen and oxygen atoms in total. The van der Waals surface area contributed by atoms with E-state index in [0.717, 1.165) is 18.1 Å². The SMILES string of the molecule is Cc1cccc(Cl)c1N1CCC1. The van der Waals surface area contributed by atoms with Gasteiger partial charge in [-0.1, -0.05) is 23.7 Å². The van der Waals surface area contributed by atoms with Crippen molar-refractivity contribution in [1.82, 2.24) is 0 Å². The summed E-state index contributed by atoms with van der Waals surface area (Å²) in [7, 11) is 0. The zero-order valence-electron chi connectivity index (χ0n) is 7.18. The van der Waals surface area contributed by atoms with Gasteiger partial charge in [0.25, 0.3) is 0 Å². The van der Waals surface area contributed by atoms with Gasteiger partial charge in [0, 0.05) is 13.1 Å². The van der Waals surface area contributed by atoms with Crippen LogP contribution in [0.5, 0.6) is 0 Å². The highest BCUT2D eigenvalue weighted by molar-refractivity contribution is 6.33. The Bertz CT molecular complexity index is 272. The molecule has 0 unspecified atom stereocenters. The monoisotopic (exact) mass is 181 g/mol. The minimum Gasteiger partial charge on any atom is -0.370 e. The van der Waals surface area contributed by atoms with Crippen molar-refractivity contribution < 1.29 is 0 Å². The molecule has 0 spiro atoms. The number of halogens is 1. The number of rotatable bonds is 1. The van der Waals surface area contributed by atoms with Gasteiger partial charge in [-0.15, -0.1) is 0 Å². The lowest BCUT2D eigenvalue weighted by molar-refractivity contribution is 0.616. The summed E-state index contributed by atoms with van der Waals surface area (Å²) < 4.78 is 0. The first-order chi connectivity index (χ1) is 5.79. The molecule has 1 fully saturated rings. The second-order valence-corrected chi connectivity index (χ2v) is 3.65. The van der Waals surface area contributed by atoms with E-state index in [1.165, 1.54) is 17.7 Å². The van der Waals surface area contributed by atoms with Crippen molar-refractivity contribution in [3.8, 4) is 0 Å². The molecule has 2 heteroatoms. The van der Waals surface area contributed by atoms with Gasteiger partial charge in [-0.2, -0.15) is 0 Å². The topological polar surface area (TPSA) is 3.24 Å². The van der Waals surface area contributed by atoms with Gasteiger partial charge in [0.2, 0.25) is 0 Å². The number of benzene rings is 1. The fourth-order valence-electron chi connectivity index (χ4n) is 1.56. The third-order valence-corrected chi connectivity index (χ3v) is 2.67. The molecule has 1 heterocycles. The lowest BCUT2D eigenvalue weighted by atomic mass is 10.1. The second kappa shape index (κ2) is 2.98. The molecule has 0 amide bonds. The zero-order chi connectivity index (χ0) is 8.55. The standard InChI is InChI=1S/C10H12ClN/c1-8-4-2-5-9(11)10(8)12-6-3-7-12/h2,4-5H,3,6-7H2,1H3. The molecular weight excluding hydrogens is 170 g/mol. The number of para-hydroxylation sites is 1. The molecule has 0 N–H and O–H groups in total. The van der Waals surface area contributed by atoms with Gasteiger partial charge < -0.3 is 4.90 Å². The average Bonchev–Trinajstić information content (AvgIpc) is 1.93. The molecular formula is C10H12ClN. The molecule has 0 atom stereocenters. The van der Waals surface area contributed by atoms with Crippen LogP contribution in [0.15, 0.2) is 18.2 Å². The fraction of sp³-hybridized carbons (Fsp3) is 0.400. The molecule has 2 rings (SSSR count). The van der Waals surface area contributed by atoms with E-state index in [1.807, 2.05) is 12.1 Å². The van der Waals surface area contributed by atoms with E-state index in [2.05, 4.69) is 17.9 Å². The number of hydrogen-bond donors (Lipinski definition) is 0. The van der Waals surface area contributed by atoms with Gasteiger partial charge >= 0.3 is 0 Å². The summed E-state index contributed by atoms with van der Waals surface area (Å²) in [4.78, 5) is 2.33. The summed E-state index contributed by atoms with van der Waals surface area (Å²) in [6, 6.07) is 6.07. The molecule has 1 saturated heterocycles. The van der Waals surface area contributed by atoms with E-state index in [4.69, 9.17) is 11.6 Å². The van der Waals surface area contributed by atoms with Crippen LogP contribution in [-0.4, -0.2) is 13.1 Å². The highest BCUT2D eigenvalue weighted by atomic mass is 35.5. The lowest BCUT2D eigenvalue weighted by Gasteiger charge is -2.35. The number of aryl methyl sites for hydroxylation is 1. The van der Waals surface area contributed by atoms with Crippen molar-refractivity contribution in [3.63, 3.8) is 0 Å². The van der Waals surface area contributed by atoms with E-state index >= 15 is 0 Å². The van der Waals surface area contributed by atoms with Crippen LogP contribution in [0.25, 0.3) is 0 Å². The molecule has 0 radical (unpaired) electrons. The van der Waals surface area contributed by atoms with Crippen molar-refractivity contribution in [2.24, 2.45) is 0 Å². The summed E-state index contributed by atoms with van der Waals surface area (Å²) in [5.41, 5.74) is 2.51. The minimum absolute atomic E-state index is 0.884. The quantitative estimate of drug-likeness (QED) is 0.644. The molecule has 1 aromatic carbocycles. The Kier molecular flexibility index (Phi) is 1.97. The van der Waals surface area contributed by atoms with Gasteiger partial charge in [0.15, 0.2) is 0 Å². The van der Waals surface area contributed by atoms with Gasteiger partial charge in [-0.05, 0) is 25.0 Å². The molecule has 1 aliphatic rings. The van der Waals surface area contributed by atoms with Crippen molar-refractivity contribution in [1.29, 1.82) is 0 Å². The van der Waals surface area contributed by atoms with Crippen LogP contribution in [0.3, 0.4) is 0 Å². The summed E-state index contributed by atoms with van der Waals surface area (Å²) in [5.74, 6) is 0. The van der Waals surface area contributed by atoms with E-state index in [9.17, 15) is 0 Å². The van der Waals surface area contributed by atoms with Crippen molar-refractivity contribution >= 4 is 17.3 Å². The average molecular weight is 182 g/mol. The highest BCUT2D eigenvalue weighted by Crippen LogP contribution is 2.32. The van der Waals surface area contributed by atoms with Crippen LogP contribution in [0.2, 0.25) is 5.02 Å². The maximum atomic E-state index is 6.10. The third kappa shape index (κ3) is 1.18. The minimum atomic E-state index is 0.884. The summed E-state index contributed by atoms with van der Waals surface area (Å²) in [6.45, 7) is 4.43. The normalized spacial score (nSPS) is 16.0. The van der Waals surface area contributed by atoms with Crippen LogP contribution in [-0.2, 0) is 0 Å². The number of hydrogen-bond acceptors (Lipinski definition) is 1. The first-order valence-electron chi connectivity index (χ1n) is 4.29. The van der Waals surface area contributed by atoms with Crippen molar-refractivity contribution in [2.75, 3.05) is 18.0 Å². The molecule has 0 aliphatic carbocycles. The van der Waals surface area contributed by atoms with Crippen molar-refractivity contribution in [3.05, 3.63) is 28.8 Å². The van der Waals surface area contributed by atoms with Gasteiger partial charge in [0.1, 0.15) is 0 Å². The molecule has 1 aromatic rings. The maximum absolute atomic E-state index is 6.10. The highest BCUT2D eigenvalue weighted by Gasteiger charge is 2.18. The Balaban J connectivity index is 2.39.